The van der Waals surface area contributed by atoms with E-state index in [4.69, 9.17) is 9.97 Å². The summed E-state index contributed by atoms with van der Waals surface area (Å²) < 4.78 is 1.07. The number of hydrogen-bond acceptors (Lipinski definition) is 5. The molecular formula is C21H22BrN5. The van der Waals surface area contributed by atoms with Gasteiger partial charge in [-0.1, -0.05) is 40.9 Å². The highest BCUT2D eigenvalue weighted by molar-refractivity contribution is 9.10. The monoisotopic (exact) mass is 423 g/mol. The maximum absolute atomic E-state index is 4.74. The van der Waals surface area contributed by atoms with E-state index in [1.54, 1.807) is 12.4 Å². The summed E-state index contributed by atoms with van der Waals surface area (Å²) in [6, 6.07) is 14.7. The van der Waals surface area contributed by atoms with Crippen LogP contribution in [-0.4, -0.2) is 21.0 Å². The summed E-state index contributed by atoms with van der Waals surface area (Å²) in [7, 11) is 0. The predicted molar refractivity (Wildman–Crippen MR) is 113 cm³/mol. The Balaban J connectivity index is 1.58. The van der Waals surface area contributed by atoms with E-state index in [2.05, 4.69) is 43.7 Å². The van der Waals surface area contributed by atoms with Gasteiger partial charge in [0.2, 0.25) is 5.95 Å². The van der Waals surface area contributed by atoms with Gasteiger partial charge in [-0.2, -0.15) is 4.98 Å². The van der Waals surface area contributed by atoms with Crippen molar-refractivity contribution in [1.29, 1.82) is 0 Å². The van der Waals surface area contributed by atoms with Crippen LogP contribution >= 0.6 is 15.9 Å². The zero-order chi connectivity index (χ0) is 18.5. The topological polar surface area (TPSA) is 62.7 Å². The second-order valence-corrected chi connectivity index (χ2v) is 7.72. The highest BCUT2D eigenvalue weighted by atomic mass is 79.9. The molecule has 27 heavy (non-hydrogen) atoms. The van der Waals surface area contributed by atoms with Crippen LogP contribution in [0.4, 0.5) is 11.8 Å². The zero-order valence-corrected chi connectivity index (χ0v) is 16.6. The second-order valence-electron chi connectivity index (χ2n) is 6.81. The Labute approximate surface area is 167 Å². The van der Waals surface area contributed by atoms with Crippen molar-refractivity contribution in [3.63, 3.8) is 0 Å². The molecule has 0 radical (unpaired) electrons. The van der Waals surface area contributed by atoms with Crippen LogP contribution in [0.15, 0.2) is 59.3 Å². The van der Waals surface area contributed by atoms with Crippen molar-refractivity contribution in [3.8, 4) is 11.3 Å². The quantitative estimate of drug-likeness (QED) is 0.565. The zero-order valence-electron chi connectivity index (χ0n) is 15.0. The molecule has 1 aliphatic carbocycles. The van der Waals surface area contributed by atoms with Gasteiger partial charge in [0.25, 0.3) is 0 Å². The maximum atomic E-state index is 4.74. The molecule has 1 fully saturated rings. The number of anilines is 2. The summed E-state index contributed by atoms with van der Waals surface area (Å²) in [5.41, 5.74) is 3.12. The number of hydrogen-bond donors (Lipinski definition) is 2. The fourth-order valence-electron chi connectivity index (χ4n) is 3.37. The molecule has 4 rings (SSSR count). The van der Waals surface area contributed by atoms with Gasteiger partial charge in [0.1, 0.15) is 5.82 Å². The Hall–Kier alpha value is -2.47. The van der Waals surface area contributed by atoms with E-state index < -0.39 is 0 Å². The van der Waals surface area contributed by atoms with Crippen molar-refractivity contribution in [2.75, 3.05) is 10.6 Å². The van der Waals surface area contributed by atoms with Crippen molar-refractivity contribution in [3.05, 3.63) is 64.9 Å². The van der Waals surface area contributed by atoms with E-state index in [0.717, 1.165) is 21.5 Å². The molecule has 0 amide bonds. The molecule has 0 bridgehead atoms. The number of rotatable bonds is 6. The molecule has 3 aromatic rings. The molecule has 1 saturated carbocycles. The van der Waals surface area contributed by atoms with Crippen LogP contribution in [0.3, 0.4) is 0 Å². The number of pyridine rings is 1. The van der Waals surface area contributed by atoms with Gasteiger partial charge >= 0.3 is 0 Å². The lowest BCUT2D eigenvalue weighted by molar-refractivity contribution is 0.744. The first kappa shape index (κ1) is 17.9. The Morgan fingerprint density at radius 1 is 1.00 bits per heavy atom. The Kier molecular flexibility index (Phi) is 5.63. The lowest BCUT2D eigenvalue weighted by Gasteiger charge is -2.15. The van der Waals surface area contributed by atoms with E-state index in [-0.39, 0.29) is 0 Å². The van der Waals surface area contributed by atoms with Crippen LogP contribution in [0, 0.1) is 0 Å². The summed E-state index contributed by atoms with van der Waals surface area (Å²) in [6.07, 6.45) is 8.49. The molecule has 2 heterocycles. The van der Waals surface area contributed by atoms with Gasteiger partial charge < -0.3 is 10.6 Å². The highest BCUT2D eigenvalue weighted by Gasteiger charge is 2.16. The van der Waals surface area contributed by atoms with Crippen LogP contribution < -0.4 is 10.6 Å². The number of nitrogens with zero attached hydrogens (tertiary/aromatic N) is 3. The SMILES string of the molecule is Brc1cccc(CNc2cc(-c3ccncc3)nc(NC3CCCC3)n2)c1. The Morgan fingerprint density at radius 3 is 2.59 bits per heavy atom. The van der Waals surface area contributed by atoms with E-state index in [1.807, 2.05) is 30.3 Å². The van der Waals surface area contributed by atoms with Crippen LogP contribution in [0.5, 0.6) is 0 Å². The average molecular weight is 424 g/mol. The summed E-state index contributed by atoms with van der Waals surface area (Å²) in [5, 5.41) is 6.95. The minimum absolute atomic E-state index is 0.468. The first-order chi connectivity index (χ1) is 13.3. The Bertz CT molecular complexity index is 894. The molecule has 1 aromatic carbocycles. The normalized spacial score (nSPS) is 14.3. The first-order valence-electron chi connectivity index (χ1n) is 9.30. The molecular weight excluding hydrogens is 402 g/mol. The van der Waals surface area contributed by atoms with Gasteiger partial charge in [0, 0.05) is 41.1 Å². The molecule has 0 atom stereocenters. The van der Waals surface area contributed by atoms with Gasteiger partial charge in [0.15, 0.2) is 0 Å². The minimum Gasteiger partial charge on any atom is -0.366 e. The van der Waals surface area contributed by atoms with Crippen molar-refractivity contribution in [2.45, 2.75) is 38.3 Å². The Morgan fingerprint density at radius 2 is 1.81 bits per heavy atom. The van der Waals surface area contributed by atoms with Crippen molar-refractivity contribution < 1.29 is 0 Å². The summed E-state index contributed by atoms with van der Waals surface area (Å²) in [6.45, 7) is 0.703. The molecule has 1 aliphatic rings. The third kappa shape index (κ3) is 4.83. The maximum Gasteiger partial charge on any atom is 0.225 e. The third-order valence-corrected chi connectivity index (χ3v) is 5.25. The van der Waals surface area contributed by atoms with Crippen LogP contribution in [0.2, 0.25) is 0 Å². The molecule has 0 aliphatic heterocycles. The smallest absolute Gasteiger partial charge is 0.225 e. The largest absolute Gasteiger partial charge is 0.366 e. The third-order valence-electron chi connectivity index (χ3n) is 4.75. The van der Waals surface area contributed by atoms with Gasteiger partial charge in [-0.05, 0) is 42.7 Å². The molecule has 2 N–H and O–H groups in total. The fraction of sp³-hybridized carbons (Fsp3) is 0.286. The summed E-state index contributed by atoms with van der Waals surface area (Å²) in [5.74, 6) is 1.50. The molecule has 5 nitrogen and oxygen atoms in total. The van der Waals surface area contributed by atoms with E-state index in [0.29, 0.717) is 18.5 Å². The van der Waals surface area contributed by atoms with Gasteiger partial charge in [0.05, 0.1) is 5.69 Å². The molecule has 2 aromatic heterocycles. The molecule has 0 unspecified atom stereocenters. The van der Waals surface area contributed by atoms with Crippen LogP contribution in [-0.2, 0) is 6.54 Å². The first-order valence-corrected chi connectivity index (χ1v) is 10.1. The lowest BCUT2D eigenvalue weighted by atomic mass is 10.2. The molecule has 6 heteroatoms. The molecule has 138 valence electrons. The number of halogens is 1. The molecule has 0 saturated heterocycles. The summed E-state index contributed by atoms with van der Waals surface area (Å²) >= 11 is 3.52. The van der Waals surface area contributed by atoms with E-state index in [9.17, 15) is 0 Å². The average Bonchev–Trinajstić information content (AvgIpc) is 3.20. The van der Waals surface area contributed by atoms with Crippen molar-refractivity contribution in [2.24, 2.45) is 0 Å². The standard InChI is InChI=1S/C21H22BrN5/c22-17-5-3-4-15(12-17)14-24-20-13-19(16-8-10-23-11-9-16)26-21(27-20)25-18-6-1-2-7-18/h3-5,8-13,18H,1-2,6-7,14H2,(H2,24,25,26,27). The number of aromatic nitrogens is 3. The summed E-state index contributed by atoms with van der Waals surface area (Å²) in [4.78, 5) is 13.5. The number of nitrogens with one attached hydrogen (secondary N) is 2. The lowest BCUT2D eigenvalue weighted by Crippen LogP contribution is -2.17. The van der Waals surface area contributed by atoms with E-state index in [1.165, 1.54) is 31.2 Å². The van der Waals surface area contributed by atoms with E-state index >= 15 is 0 Å². The second kappa shape index (κ2) is 8.48. The fourth-order valence-corrected chi connectivity index (χ4v) is 3.81. The minimum atomic E-state index is 0.468. The van der Waals surface area contributed by atoms with Gasteiger partial charge in [-0.25, -0.2) is 4.98 Å². The van der Waals surface area contributed by atoms with Gasteiger partial charge in [-0.3, -0.25) is 4.98 Å². The highest BCUT2D eigenvalue weighted by Crippen LogP contribution is 2.25. The van der Waals surface area contributed by atoms with Crippen molar-refractivity contribution in [1.82, 2.24) is 15.0 Å². The molecule has 0 spiro atoms. The number of benzene rings is 1. The van der Waals surface area contributed by atoms with Gasteiger partial charge in [-0.15, -0.1) is 0 Å². The predicted octanol–water partition coefficient (Wildman–Crippen LogP) is 5.27. The van der Waals surface area contributed by atoms with Crippen LogP contribution in [0.25, 0.3) is 11.3 Å². The van der Waals surface area contributed by atoms with Crippen molar-refractivity contribution >= 4 is 27.7 Å². The van der Waals surface area contributed by atoms with Crippen LogP contribution in [0.1, 0.15) is 31.2 Å².